The second-order valence-electron chi connectivity index (χ2n) is 7.80. The van der Waals surface area contributed by atoms with Crippen LogP contribution < -0.4 is 30.0 Å². The fraction of sp³-hybridized carbons (Fsp3) is 0.417. The predicted molar refractivity (Wildman–Crippen MR) is 123 cm³/mol. The largest absolute Gasteiger partial charge is 0.496 e. The SMILES string of the molecule is COc1ccccc1CN1CCC(NC(=O)c2cc(OC)c(OCC(N)=O)c(OC)c2)CC1. The Kier molecular flexibility index (Phi) is 8.37. The molecular formula is C24H31N3O6. The minimum absolute atomic E-state index is 0.0641. The monoisotopic (exact) mass is 457 g/mol. The van der Waals surface area contributed by atoms with Crippen LogP contribution in [0.2, 0.25) is 0 Å². The van der Waals surface area contributed by atoms with E-state index in [2.05, 4.69) is 16.3 Å². The minimum Gasteiger partial charge on any atom is -0.496 e. The van der Waals surface area contributed by atoms with Gasteiger partial charge in [0.1, 0.15) is 5.75 Å². The molecule has 0 saturated carbocycles. The summed E-state index contributed by atoms with van der Waals surface area (Å²) in [5, 5.41) is 3.10. The molecule has 1 fully saturated rings. The van der Waals surface area contributed by atoms with E-state index in [-0.39, 0.29) is 35.8 Å². The summed E-state index contributed by atoms with van der Waals surface area (Å²) in [4.78, 5) is 26.3. The molecule has 0 spiro atoms. The minimum atomic E-state index is -0.627. The number of hydrogen-bond donors (Lipinski definition) is 2. The molecule has 178 valence electrons. The van der Waals surface area contributed by atoms with Crippen molar-refractivity contribution in [3.05, 3.63) is 47.5 Å². The Morgan fingerprint density at radius 2 is 1.61 bits per heavy atom. The normalized spacial score (nSPS) is 14.4. The zero-order valence-electron chi connectivity index (χ0n) is 19.3. The van der Waals surface area contributed by atoms with E-state index in [0.29, 0.717) is 5.56 Å². The number of piperidine rings is 1. The molecule has 3 rings (SSSR count). The summed E-state index contributed by atoms with van der Waals surface area (Å²) in [5.41, 5.74) is 6.69. The first-order valence-corrected chi connectivity index (χ1v) is 10.8. The van der Waals surface area contributed by atoms with E-state index in [1.807, 2.05) is 18.2 Å². The van der Waals surface area contributed by atoms with E-state index >= 15 is 0 Å². The van der Waals surface area contributed by atoms with Crippen LogP contribution in [0.1, 0.15) is 28.8 Å². The zero-order valence-corrected chi connectivity index (χ0v) is 19.3. The molecule has 1 aliphatic rings. The molecule has 0 aromatic heterocycles. The average molecular weight is 458 g/mol. The Balaban J connectivity index is 1.61. The molecule has 1 saturated heterocycles. The number of nitrogens with zero attached hydrogens (tertiary/aromatic N) is 1. The number of ether oxygens (including phenoxy) is 4. The van der Waals surface area contributed by atoms with Gasteiger partial charge in [-0.05, 0) is 31.0 Å². The molecule has 2 aromatic rings. The lowest BCUT2D eigenvalue weighted by molar-refractivity contribution is -0.120. The average Bonchev–Trinajstić information content (AvgIpc) is 2.83. The first kappa shape index (κ1) is 24.2. The van der Waals surface area contributed by atoms with Crippen LogP contribution in [0.4, 0.5) is 0 Å². The molecular weight excluding hydrogens is 426 g/mol. The highest BCUT2D eigenvalue weighted by atomic mass is 16.5. The van der Waals surface area contributed by atoms with Gasteiger partial charge in [-0.1, -0.05) is 18.2 Å². The van der Waals surface area contributed by atoms with Gasteiger partial charge in [-0.15, -0.1) is 0 Å². The van der Waals surface area contributed by atoms with E-state index < -0.39 is 5.91 Å². The lowest BCUT2D eigenvalue weighted by Crippen LogP contribution is -2.44. The summed E-state index contributed by atoms with van der Waals surface area (Å²) < 4.78 is 21.5. The molecule has 0 atom stereocenters. The fourth-order valence-corrected chi connectivity index (χ4v) is 3.88. The Bertz CT molecular complexity index is 947. The first-order chi connectivity index (χ1) is 15.9. The van der Waals surface area contributed by atoms with Gasteiger partial charge in [0.25, 0.3) is 11.8 Å². The molecule has 0 radical (unpaired) electrons. The highest BCUT2D eigenvalue weighted by Gasteiger charge is 2.24. The topological polar surface area (TPSA) is 112 Å². The Labute approximate surface area is 193 Å². The molecule has 9 nitrogen and oxygen atoms in total. The smallest absolute Gasteiger partial charge is 0.255 e. The van der Waals surface area contributed by atoms with Crippen molar-refractivity contribution in [2.45, 2.75) is 25.4 Å². The zero-order chi connectivity index (χ0) is 23.8. The maximum atomic E-state index is 12.9. The van der Waals surface area contributed by atoms with E-state index in [9.17, 15) is 9.59 Å². The molecule has 1 aliphatic heterocycles. The number of para-hydroxylation sites is 1. The number of carbonyl (C=O) groups excluding carboxylic acids is 2. The van der Waals surface area contributed by atoms with Gasteiger partial charge >= 0.3 is 0 Å². The molecule has 2 aromatic carbocycles. The maximum absolute atomic E-state index is 12.9. The van der Waals surface area contributed by atoms with Crippen molar-refractivity contribution in [2.75, 3.05) is 41.0 Å². The highest BCUT2D eigenvalue weighted by Crippen LogP contribution is 2.38. The van der Waals surface area contributed by atoms with Gasteiger partial charge in [-0.3, -0.25) is 14.5 Å². The molecule has 2 amide bonds. The predicted octanol–water partition coefficient (Wildman–Crippen LogP) is 1.97. The van der Waals surface area contributed by atoms with Crippen molar-refractivity contribution in [3.8, 4) is 23.0 Å². The van der Waals surface area contributed by atoms with Gasteiger partial charge in [-0.25, -0.2) is 0 Å². The first-order valence-electron chi connectivity index (χ1n) is 10.8. The van der Waals surface area contributed by atoms with Gasteiger partial charge in [0, 0.05) is 36.8 Å². The number of likely N-dealkylation sites (tertiary alicyclic amines) is 1. The molecule has 9 heteroatoms. The quantitative estimate of drug-likeness (QED) is 0.561. The van der Waals surface area contributed by atoms with Crippen LogP contribution in [0.5, 0.6) is 23.0 Å². The number of primary amides is 1. The summed E-state index contributed by atoms with van der Waals surface area (Å²) in [5.74, 6) is 0.827. The van der Waals surface area contributed by atoms with Gasteiger partial charge in [0.05, 0.1) is 21.3 Å². The van der Waals surface area contributed by atoms with Crippen LogP contribution >= 0.6 is 0 Å². The van der Waals surface area contributed by atoms with Crippen molar-refractivity contribution in [2.24, 2.45) is 5.73 Å². The lowest BCUT2D eigenvalue weighted by Gasteiger charge is -2.32. The van der Waals surface area contributed by atoms with Crippen LogP contribution in [0.3, 0.4) is 0 Å². The lowest BCUT2D eigenvalue weighted by atomic mass is 10.0. The van der Waals surface area contributed by atoms with Crippen molar-refractivity contribution in [3.63, 3.8) is 0 Å². The second-order valence-corrected chi connectivity index (χ2v) is 7.80. The molecule has 3 N–H and O–H groups in total. The number of methoxy groups -OCH3 is 3. The Morgan fingerprint density at radius 3 is 2.18 bits per heavy atom. The molecule has 1 heterocycles. The van der Waals surface area contributed by atoms with E-state index in [1.54, 1.807) is 19.2 Å². The van der Waals surface area contributed by atoms with Crippen molar-refractivity contribution in [1.82, 2.24) is 10.2 Å². The third kappa shape index (κ3) is 6.29. The third-order valence-electron chi connectivity index (χ3n) is 5.59. The summed E-state index contributed by atoms with van der Waals surface area (Å²) in [7, 11) is 4.58. The number of nitrogens with one attached hydrogen (secondary N) is 1. The highest BCUT2D eigenvalue weighted by molar-refractivity contribution is 5.95. The fourth-order valence-electron chi connectivity index (χ4n) is 3.88. The van der Waals surface area contributed by atoms with Crippen LogP contribution in [0, 0.1) is 0 Å². The summed E-state index contributed by atoms with van der Waals surface area (Å²) in [6, 6.07) is 11.2. The second kappa shape index (κ2) is 11.4. The number of hydrogen-bond acceptors (Lipinski definition) is 7. The van der Waals surface area contributed by atoms with Crippen molar-refractivity contribution >= 4 is 11.8 Å². The van der Waals surface area contributed by atoms with Gasteiger partial charge in [0.15, 0.2) is 18.1 Å². The summed E-state index contributed by atoms with van der Waals surface area (Å²) in [6.45, 7) is 2.22. The number of benzene rings is 2. The van der Waals surface area contributed by atoms with E-state index in [1.165, 1.54) is 14.2 Å². The molecule has 0 bridgehead atoms. The van der Waals surface area contributed by atoms with Crippen LogP contribution in [-0.4, -0.2) is 63.8 Å². The molecule has 0 aliphatic carbocycles. The standard InChI is InChI=1S/C24H31N3O6/c1-30-19-7-5-4-6-16(19)14-27-10-8-18(9-11-27)26-24(29)17-12-20(31-2)23(21(13-17)32-3)33-15-22(25)28/h4-7,12-13,18H,8-11,14-15H2,1-3H3,(H2,25,28)(H,26,29). The summed E-state index contributed by atoms with van der Waals surface area (Å²) in [6.07, 6.45) is 1.68. The van der Waals surface area contributed by atoms with Gasteiger partial charge < -0.3 is 30.0 Å². The number of carbonyl (C=O) groups is 2. The van der Waals surface area contributed by atoms with Crippen LogP contribution in [0.25, 0.3) is 0 Å². The molecule has 0 unspecified atom stereocenters. The van der Waals surface area contributed by atoms with Gasteiger partial charge in [0.2, 0.25) is 5.75 Å². The van der Waals surface area contributed by atoms with Crippen LogP contribution in [-0.2, 0) is 11.3 Å². The number of rotatable bonds is 10. The maximum Gasteiger partial charge on any atom is 0.255 e. The van der Waals surface area contributed by atoms with Crippen LogP contribution in [0.15, 0.2) is 36.4 Å². The number of amides is 2. The van der Waals surface area contributed by atoms with E-state index in [4.69, 9.17) is 24.7 Å². The molecule has 33 heavy (non-hydrogen) atoms. The van der Waals surface area contributed by atoms with E-state index in [0.717, 1.165) is 43.8 Å². The Morgan fingerprint density at radius 1 is 1.00 bits per heavy atom. The summed E-state index contributed by atoms with van der Waals surface area (Å²) >= 11 is 0. The Hall–Kier alpha value is -3.46. The third-order valence-corrected chi connectivity index (χ3v) is 5.59. The van der Waals surface area contributed by atoms with Crippen molar-refractivity contribution in [1.29, 1.82) is 0 Å². The number of nitrogens with two attached hydrogens (primary N) is 1. The van der Waals surface area contributed by atoms with Gasteiger partial charge in [-0.2, -0.15) is 0 Å². The van der Waals surface area contributed by atoms with Crippen molar-refractivity contribution < 1.29 is 28.5 Å².